The smallest absolute Gasteiger partial charge is 0.255 e. The Kier molecular flexibility index (Phi) is 3.29. The van der Waals surface area contributed by atoms with Crippen LogP contribution in [0.15, 0.2) is 73.1 Å². The highest BCUT2D eigenvalue weighted by molar-refractivity contribution is 6.04. The molecule has 0 spiro atoms. The van der Waals surface area contributed by atoms with Gasteiger partial charge in [-0.15, -0.1) is 0 Å². The van der Waals surface area contributed by atoms with Crippen molar-refractivity contribution in [3.8, 4) is 5.69 Å². The topological polar surface area (TPSA) is 46.9 Å². The minimum absolute atomic E-state index is 0.122. The number of carbonyl (C=O) groups excluding carboxylic acids is 1. The molecule has 4 nitrogen and oxygen atoms in total. The second-order valence-electron chi connectivity index (χ2n) is 4.32. The zero-order chi connectivity index (χ0) is 13.8. The number of para-hydroxylation sites is 1. The molecule has 0 fully saturated rings. The van der Waals surface area contributed by atoms with E-state index in [4.69, 9.17) is 0 Å². The van der Waals surface area contributed by atoms with E-state index in [-0.39, 0.29) is 5.91 Å². The van der Waals surface area contributed by atoms with Gasteiger partial charge in [0.2, 0.25) is 0 Å². The monoisotopic (exact) mass is 263 g/mol. The molecule has 0 aliphatic rings. The van der Waals surface area contributed by atoms with Crippen LogP contribution in [0.2, 0.25) is 0 Å². The summed E-state index contributed by atoms with van der Waals surface area (Å²) >= 11 is 0. The number of carbonyl (C=O) groups is 1. The maximum atomic E-state index is 12.1. The molecule has 98 valence electrons. The number of hydrogen-bond donors (Lipinski definition) is 1. The van der Waals surface area contributed by atoms with Gasteiger partial charge in [0.05, 0.1) is 5.69 Å². The van der Waals surface area contributed by atoms with Gasteiger partial charge in [-0.3, -0.25) is 4.79 Å². The number of benzene rings is 2. The molecule has 20 heavy (non-hydrogen) atoms. The van der Waals surface area contributed by atoms with E-state index in [0.29, 0.717) is 5.56 Å². The predicted octanol–water partition coefficient (Wildman–Crippen LogP) is 3.12. The largest absolute Gasteiger partial charge is 0.322 e. The van der Waals surface area contributed by atoms with Crippen molar-refractivity contribution in [1.82, 2.24) is 9.78 Å². The summed E-state index contributed by atoms with van der Waals surface area (Å²) < 4.78 is 1.75. The highest BCUT2D eigenvalue weighted by Crippen LogP contribution is 2.11. The first-order valence-corrected chi connectivity index (χ1v) is 6.29. The number of hydrogen-bond acceptors (Lipinski definition) is 2. The van der Waals surface area contributed by atoms with Crippen molar-refractivity contribution in [3.63, 3.8) is 0 Å². The molecule has 0 aliphatic heterocycles. The lowest BCUT2D eigenvalue weighted by Gasteiger charge is -2.06. The Morgan fingerprint density at radius 3 is 2.35 bits per heavy atom. The second kappa shape index (κ2) is 5.40. The Labute approximate surface area is 116 Å². The molecule has 0 bridgehead atoms. The van der Waals surface area contributed by atoms with Crippen LogP contribution in [0.1, 0.15) is 10.4 Å². The van der Waals surface area contributed by atoms with Crippen molar-refractivity contribution >= 4 is 11.6 Å². The summed E-state index contributed by atoms with van der Waals surface area (Å²) in [5.74, 6) is -0.122. The summed E-state index contributed by atoms with van der Waals surface area (Å²) in [6, 6.07) is 18.6. The van der Waals surface area contributed by atoms with E-state index in [1.54, 1.807) is 23.0 Å². The number of rotatable bonds is 3. The van der Waals surface area contributed by atoms with E-state index in [1.807, 2.05) is 54.7 Å². The average Bonchev–Trinajstić information content (AvgIpc) is 3.03. The molecule has 0 unspecified atom stereocenters. The third kappa shape index (κ3) is 2.59. The standard InChI is InChI=1S/C16H13N3O/c20-16(18-14-5-2-1-3-6-14)13-7-9-15(10-8-13)19-12-4-11-17-19/h1-12H,(H,18,20). The molecule has 1 N–H and O–H groups in total. The molecule has 3 rings (SSSR count). The van der Waals surface area contributed by atoms with E-state index in [1.165, 1.54) is 0 Å². The summed E-state index contributed by atoms with van der Waals surface area (Å²) in [4.78, 5) is 12.1. The molecule has 0 aliphatic carbocycles. The van der Waals surface area contributed by atoms with Crippen molar-refractivity contribution in [3.05, 3.63) is 78.6 Å². The zero-order valence-electron chi connectivity index (χ0n) is 10.7. The lowest BCUT2D eigenvalue weighted by molar-refractivity contribution is 0.102. The van der Waals surface area contributed by atoms with Crippen molar-refractivity contribution in [1.29, 1.82) is 0 Å². The van der Waals surface area contributed by atoms with Gasteiger partial charge in [-0.1, -0.05) is 18.2 Å². The fraction of sp³-hybridized carbons (Fsp3) is 0. The van der Waals surface area contributed by atoms with Gasteiger partial charge in [-0.25, -0.2) is 4.68 Å². The molecule has 0 radical (unpaired) electrons. The first kappa shape index (κ1) is 12.2. The Bertz CT molecular complexity index is 688. The van der Waals surface area contributed by atoms with Gasteiger partial charge in [0.25, 0.3) is 5.91 Å². The Morgan fingerprint density at radius 1 is 0.950 bits per heavy atom. The minimum atomic E-state index is -0.122. The van der Waals surface area contributed by atoms with Gasteiger partial charge in [-0.05, 0) is 42.5 Å². The van der Waals surface area contributed by atoms with E-state index < -0.39 is 0 Å². The summed E-state index contributed by atoms with van der Waals surface area (Å²) in [6.07, 6.45) is 3.58. The highest BCUT2D eigenvalue weighted by Gasteiger charge is 2.06. The van der Waals surface area contributed by atoms with Crippen molar-refractivity contribution < 1.29 is 4.79 Å². The SMILES string of the molecule is O=C(Nc1ccccc1)c1ccc(-n2cccn2)cc1. The fourth-order valence-corrected chi connectivity index (χ4v) is 1.91. The Morgan fingerprint density at radius 2 is 1.70 bits per heavy atom. The van der Waals surface area contributed by atoms with Crippen LogP contribution in [0.3, 0.4) is 0 Å². The molecule has 4 heteroatoms. The third-order valence-corrected chi connectivity index (χ3v) is 2.93. The molecule has 1 amide bonds. The van der Waals surface area contributed by atoms with E-state index >= 15 is 0 Å². The number of nitrogens with one attached hydrogen (secondary N) is 1. The van der Waals surface area contributed by atoms with Gasteiger partial charge < -0.3 is 5.32 Å². The summed E-state index contributed by atoms with van der Waals surface area (Å²) in [7, 11) is 0. The minimum Gasteiger partial charge on any atom is -0.322 e. The van der Waals surface area contributed by atoms with Crippen LogP contribution in [0, 0.1) is 0 Å². The van der Waals surface area contributed by atoms with Crippen LogP contribution < -0.4 is 5.32 Å². The van der Waals surface area contributed by atoms with Crippen molar-refractivity contribution in [2.75, 3.05) is 5.32 Å². The van der Waals surface area contributed by atoms with Crippen LogP contribution >= 0.6 is 0 Å². The molecular formula is C16H13N3O. The summed E-state index contributed by atoms with van der Waals surface area (Å²) in [6.45, 7) is 0. The van der Waals surface area contributed by atoms with Crippen LogP contribution in [0.25, 0.3) is 5.69 Å². The van der Waals surface area contributed by atoms with E-state index in [2.05, 4.69) is 10.4 Å². The molecule has 1 aromatic heterocycles. The quantitative estimate of drug-likeness (QED) is 0.789. The molecule has 0 atom stereocenters. The molecule has 0 saturated carbocycles. The lowest BCUT2D eigenvalue weighted by atomic mass is 10.2. The predicted molar refractivity (Wildman–Crippen MR) is 78.0 cm³/mol. The number of anilines is 1. The van der Waals surface area contributed by atoms with Crippen LogP contribution in [-0.4, -0.2) is 15.7 Å². The van der Waals surface area contributed by atoms with Crippen LogP contribution in [0.5, 0.6) is 0 Å². The van der Waals surface area contributed by atoms with E-state index in [9.17, 15) is 4.79 Å². The maximum Gasteiger partial charge on any atom is 0.255 e. The van der Waals surface area contributed by atoms with Gasteiger partial charge in [-0.2, -0.15) is 5.10 Å². The molecule has 0 saturated heterocycles. The highest BCUT2D eigenvalue weighted by atomic mass is 16.1. The number of amides is 1. The van der Waals surface area contributed by atoms with Gasteiger partial charge >= 0.3 is 0 Å². The third-order valence-electron chi connectivity index (χ3n) is 2.93. The van der Waals surface area contributed by atoms with Crippen molar-refractivity contribution in [2.45, 2.75) is 0 Å². The lowest BCUT2D eigenvalue weighted by Crippen LogP contribution is -2.11. The first-order chi connectivity index (χ1) is 9.83. The Balaban J connectivity index is 1.76. The first-order valence-electron chi connectivity index (χ1n) is 6.29. The molecule has 3 aromatic rings. The normalized spacial score (nSPS) is 10.2. The Hall–Kier alpha value is -2.88. The summed E-state index contributed by atoms with van der Waals surface area (Å²) in [5, 5.41) is 7.00. The fourth-order valence-electron chi connectivity index (χ4n) is 1.91. The second-order valence-corrected chi connectivity index (χ2v) is 4.32. The molecule has 2 aromatic carbocycles. The molecule has 1 heterocycles. The summed E-state index contributed by atoms with van der Waals surface area (Å²) in [5.41, 5.74) is 2.32. The maximum absolute atomic E-state index is 12.1. The van der Waals surface area contributed by atoms with Crippen LogP contribution in [-0.2, 0) is 0 Å². The van der Waals surface area contributed by atoms with E-state index in [0.717, 1.165) is 11.4 Å². The number of nitrogens with zero attached hydrogens (tertiary/aromatic N) is 2. The average molecular weight is 263 g/mol. The van der Waals surface area contributed by atoms with Crippen molar-refractivity contribution in [2.24, 2.45) is 0 Å². The van der Waals surface area contributed by atoms with Gasteiger partial charge in [0, 0.05) is 23.6 Å². The van der Waals surface area contributed by atoms with Crippen LogP contribution in [0.4, 0.5) is 5.69 Å². The molecular weight excluding hydrogens is 250 g/mol. The van der Waals surface area contributed by atoms with Gasteiger partial charge in [0.1, 0.15) is 0 Å². The number of aromatic nitrogens is 2. The zero-order valence-corrected chi connectivity index (χ0v) is 10.7. The van der Waals surface area contributed by atoms with Gasteiger partial charge in [0.15, 0.2) is 0 Å².